The maximum absolute atomic E-state index is 14.8. The number of nitrogens with one attached hydrogen (secondary N) is 2. The molecule has 0 aliphatic heterocycles. The molecule has 0 saturated carbocycles. The van der Waals surface area contributed by atoms with E-state index >= 15 is 0 Å². The average molecular weight is 541 g/mol. The second-order valence-electron chi connectivity index (χ2n) is 7.18. The van der Waals surface area contributed by atoms with E-state index in [1.165, 1.54) is 7.11 Å². The highest BCUT2D eigenvalue weighted by Crippen LogP contribution is 2.46. The number of aliphatic hydroxyl groups excluding tert-OH is 1. The molecule has 3 rings (SSSR count). The second-order valence-corrected chi connectivity index (χ2v) is 8.62. The minimum absolute atomic E-state index is 0.0666. The van der Waals surface area contributed by atoms with Gasteiger partial charge in [0.15, 0.2) is 0 Å². The van der Waals surface area contributed by atoms with Gasteiger partial charge < -0.3 is 19.6 Å². The number of aromatic amines is 2. The van der Waals surface area contributed by atoms with E-state index in [1.54, 1.807) is 0 Å². The smallest absolute Gasteiger partial charge is 0.394 e. The summed E-state index contributed by atoms with van der Waals surface area (Å²) in [5, 5.41) is 8.44. The lowest BCUT2D eigenvalue weighted by molar-refractivity contribution is -0.137. The van der Waals surface area contributed by atoms with Gasteiger partial charge in [-0.05, 0) is 12.1 Å². The Balaban J connectivity index is 2.33. The van der Waals surface area contributed by atoms with Gasteiger partial charge in [-0.15, -0.1) is 11.8 Å². The van der Waals surface area contributed by atoms with Crippen LogP contribution >= 0.6 is 23.4 Å². The molecule has 0 fully saturated rings. The molecule has 3 aromatic rings. The molecule has 3 N–H and O–H groups in total. The third-order valence-electron chi connectivity index (χ3n) is 4.83. The molecule has 35 heavy (non-hydrogen) atoms. The van der Waals surface area contributed by atoms with Gasteiger partial charge in [-0.25, -0.2) is 13.6 Å². The number of hydrogen-bond donors (Lipinski definition) is 3. The Labute approximate surface area is 203 Å². The first-order valence-electron chi connectivity index (χ1n) is 9.87. The van der Waals surface area contributed by atoms with Crippen molar-refractivity contribution in [3.63, 3.8) is 0 Å². The molecule has 1 aromatic heterocycles. The fourth-order valence-corrected chi connectivity index (χ4v) is 4.64. The molecule has 0 radical (unpaired) electrons. The summed E-state index contributed by atoms with van der Waals surface area (Å²) < 4.78 is 81.2. The van der Waals surface area contributed by atoms with Gasteiger partial charge in [-0.3, -0.25) is 9.78 Å². The number of rotatable bonds is 9. The topological polar surface area (TPSA) is 104 Å². The normalized spacial score (nSPS) is 12.9. The second kappa shape index (κ2) is 11.1. The van der Waals surface area contributed by atoms with Crippen LogP contribution in [0.1, 0.15) is 5.56 Å². The van der Waals surface area contributed by atoms with Crippen LogP contribution in [-0.4, -0.2) is 53.9 Å². The number of aliphatic hydroxyl groups is 1. The molecule has 190 valence electrons. The molecule has 0 amide bonds. The van der Waals surface area contributed by atoms with E-state index in [-0.39, 0.29) is 29.4 Å². The first-order chi connectivity index (χ1) is 16.5. The Morgan fingerprint density at radius 2 is 1.83 bits per heavy atom. The van der Waals surface area contributed by atoms with Crippen molar-refractivity contribution in [2.75, 3.05) is 32.7 Å². The number of methoxy groups -OCH3 is 1. The Hall–Kier alpha value is -2.45. The van der Waals surface area contributed by atoms with Gasteiger partial charge in [0.25, 0.3) is 5.56 Å². The summed E-state index contributed by atoms with van der Waals surface area (Å²) >= 11 is 6.41. The molecule has 0 aliphatic carbocycles. The number of benzene rings is 2. The minimum atomic E-state index is -5.08. The van der Waals surface area contributed by atoms with Crippen LogP contribution in [-0.2, 0) is 15.7 Å². The summed E-state index contributed by atoms with van der Waals surface area (Å²) in [6.45, 7) is -0.269. The number of aromatic nitrogens is 2. The van der Waals surface area contributed by atoms with E-state index in [0.29, 0.717) is 30.0 Å². The van der Waals surface area contributed by atoms with E-state index in [9.17, 15) is 36.6 Å². The van der Waals surface area contributed by atoms with Gasteiger partial charge in [0.1, 0.15) is 11.6 Å². The van der Waals surface area contributed by atoms with E-state index < -0.39 is 68.9 Å². The van der Waals surface area contributed by atoms with Crippen LogP contribution in [0.3, 0.4) is 0 Å². The number of fused-ring (bicyclic) bond motifs is 1. The predicted octanol–water partition coefficient (Wildman–Crippen LogP) is 3.95. The Morgan fingerprint density at radius 1 is 1.11 bits per heavy atom. The molecular formula is C21H18ClF5N2O5S. The van der Waals surface area contributed by atoms with Crippen molar-refractivity contribution < 1.29 is 36.5 Å². The molecule has 0 spiro atoms. The molecule has 0 unspecified atom stereocenters. The number of hydrogen-bond acceptors (Lipinski definition) is 6. The summed E-state index contributed by atoms with van der Waals surface area (Å²) in [6, 6.07) is 1.50. The van der Waals surface area contributed by atoms with Gasteiger partial charge in [-0.2, -0.15) is 13.2 Å². The third kappa shape index (κ3) is 6.04. The van der Waals surface area contributed by atoms with Gasteiger partial charge in [0, 0.05) is 35.0 Å². The molecule has 0 aliphatic rings. The maximum atomic E-state index is 14.8. The minimum Gasteiger partial charge on any atom is -0.394 e. The van der Waals surface area contributed by atoms with Crippen LogP contribution in [0, 0.1) is 11.6 Å². The lowest BCUT2D eigenvalue weighted by atomic mass is 9.96. The summed E-state index contributed by atoms with van der Waals surface area (Å²) in [5.41, 5.74) is -5.29. The van der Waals surface area contributed by atoms with E-state index in [4.69, 9.17) is 21.1 Å². The third-order valence-corrected chi connectivity index (χ3v) is 6.36. The van der Waals surface area contributed by atoms with Crippen LogP contribution in [0.2, 0.25) is 5.02 Å². The molecule has 7 nitrogen and oxygen atoms in total. The highest BCUT2D eigenvalue weighted by molar-refractivity contribution is 7.99. The molecule has 14 heteroatoms. The molecule has 1 heterocycles. The summed E-state index contributed by atoms with van der Waals surface area (Å²) in [5.74, 6) is -2.69. The van der Waals surface area contributed by atoms with Gasteiger partial charge in [0.2, 0.25) is 0 Å². The van der Waals surface area contributed by atoms with Crippen molar-refractivity contribution in [1.82, 2.24) is 9.97 Å². The lowest BCUT2D eigenvalue weighted by Crippen LogP contribution is -2.24. The zero-order valence-corrected chi connectivity index (χ0v) is 19.5. The number of H-pyrrole nitrogens is 2. The van der Waals surface area contributed by atoms with Crippen LogP contribution < -0.4 is 11.2 Å². The van der Waals surface area contributed by atoms with Crippen molar-refractivity contribution >= 4 is 34.3 Å². The van der Waals surface area contributed by atoms with E-state index in [1.807, 2.05) is 4.98 Å². The molecule has 2 aromatic carbocycles. The fraction of sp³-hybridized carbons (Fsp3) is 0.333. The maximum Gasteiger partial charge on any atom is 0.417 e. The fourth-order valence-electron chi connectivity index (χ4n) is 3.25. The van der Waals surface area contributed by atoms with Crippen molar-refractivity contribution in [3.8, 4) is 11.1 Å². The predicted molar refractivity (Wildman–Crippen MR) is 120 cm³/mol. The zero-order valence-electron chi connectivity index (χ0n) is 17.9. The summed E-state index contributed by atoms with van der Waals surface area (Å²) in [4.78, 5) is 28.1. The van der Waals surface area contributed by atoms with Crippen LogP contribution in [0.5, 0.6) is 0 Å². The first-order valence-corrected chi connectivity index (χ1v) is 11.2. The molecule has 1 atom stereocenters. The van der Waals surface area contributed by atoms with Gasteiger partial charge in [-0.1, -0.05) is 11.6 Å². The number of halogens is 6. The average Bonchev–Trinajstić information content (AvgIpc) is 2.77. The SMILES string of the molecule is COCCO[C@@H](CO)CSc1c(-c2cc(Cl)c(F)cc2F)c(C(F)(F)F)cc2c(=O)[nH]c(=O)[nH]c12. The summed E-state index contributed by atoms with van der Waals surface area (Å²) in [7, 11) is 1.42. The highest BCUT2D eigenvalue weighted by Gasteiger charge is 2.37. The van der Waals surface area contributed by atoms with Gasteiger partial charge >= 0.3 is 11.9 Å². The standard InChI is InChI=1S/C21H18ClF5N2O5S/c1-33-2-3-34-9(7-30)8-35-18-16(10-5-13(22)15(24)6-14(10)23)12(21(25,26)27)4-11-17(18)28-20(32)29-19(11)31/h4-6,9,30H,2-3,7-8H2,1H3,(H2,28,29,31,32)/t9-/m0/s1. The monoisotopic (exact) mass is 540 g/mol. The van der Waals surface area contributed by atoms with E-state index in [2.05, 4.69) is 4.98 Å². The Kier molecular flexibility index (Phi) is 8.59. The number of thioether (sulfide) groups is 1. The first kappa shape index (κ1) is 27.1. The quantitative estimate of drug-likeness (QED) is 0.164. The Bertz CT molecular complexity index is 1340. The van der Waals surface area contributed by atoms with Gasteiger partial charge in [0.05, 0.1) is 47.4 Å². The van der Waals surface area contributed by atoms with Crippen LogP contribution in [0.25, 0.3) is 22.0 Å². The van der Waals surface area contributed by atoms with E-state index in [0.717, 1.165) is 0 Å². The van der Waals surface area contributed by atoms with Crippen LogP contribution in [0.15, 0.2) is 32.7 Å². The molecule has 0 bridgehead atoms. The van der Waals surface area contributed by atoms with Crippen LogP contribution in [0.4, 0.5) is 22.0 Å². The highest BCUT2D eigenvalue weighted by atomic mass is 35.5. The zero-order chi connectivity index (χ0) is 25.9. The number of alkyl halides is 3. The summed E-state index contributed by atoms with van der Waals surface area (Å²) in [6.07, 6.45) is -5.97. The largest absolute Gasteiger partial charge is 0.417 e. The van der Waals surface area contributed by atoms with Crippen molar-refractivity contribution in [2.24, 2.45) is 0 Å². The lowest BCUT2D eigenvalue weighted by Gasteiger charge is -2.21. The number of ether oxygens (including phenoxy) is 2. The van der Waals surface area contributed by atoms with Crippen molar-refractivity contribution in [1.29, 1.82) is 0 Å². The molecular weight excluding hydrogens is 523 g/mol. The van der Waals surface area contributed by atoms with Crippen molar-refractivity contribution in [3.05, 3.63) is 61.3 Å². The molecule has 0 saturated heterocycles. The Morgan fingerprint density at radius 3 is 2.46 bits per heavy atom. The van der Waals surface area contributed by atoms with Crippen molar-refractivity contribution in [2.45, 2.75) is 17.2 Å².